The summed E-state index contributed by atoms with van der Waals surface area (Å²) in [6.45, 7) is 0.179. The lowest BCUT2D eigenvalue weighted by molar-refractivity contribution is 0.355. The smallest absolute Gasteiger partial charge is 0.163 e. The summed E-state index contributed by atoms with van der Waals surface area (Å²) >= 11 is 0. The van der Waals surface area contributed by atoms with Gasteiger partial charge < -0.3 is 18.8 Å². The van der Waals surface area contributed by atoms with Crippen molar-refractivity contribution in [3.8, 4) is 34.7 Å². The molecule has 0 aliphatic rings. The second kappa shape index (κ2) is 6.50. The van der Waals surface area contributed by atoms with Gasteiger partial charge >= 0.3 is 0 Å². The van der Waals surface area contributed by atoms with Gasteiger partial charge in [-0.2, -0.15) is 5.26 Å². The van der Waals surface area contributed by atoms with Crippen LogP contribution in [0.15, 0.2) is 36.4 Å². The van der Waals surface area contributed by atoms with Crippen molar-refractivity contribution in [1.29, 1.82) is 5.26 Å². The zero-order valence-corrected chi connectivity index (χ0v) is 13.7. The minimum absolute atomic E-state index is 0.179. The Labute approximate surface area is 139 Å². The number of fused-ring (bicyclic) bond motifs is 1. The summed E-state index contributed by atoms with van der Waals surface area (Å²) in [5, 5.41) is 9.22. The molecule has 0 bridgehead atoms. The number of ether oxygens (including phenoxy) is 3. The van der Waals surface area contributed by atoms with E-state index in [1.165, 1.54) is 0 Å². The first-order valence-electron chi connectivity index (χ1n) is 7.35. The largest absolute Gasteiger partial charge is 0.497 e. The number of nitriles is 1. The first-order chi connectivity index (χ1) is 11.7. The molecule has 6 heteroatoms. The van der Waals surface area contributed by atoms with Crippen LogP contribution in [-0.4, -0.2) is 30.9 Å². The van der Waals surface area contributed by atoms with Crippen molar-refractivity contribution in [2.24, 2.45) is 0 Å². The van der Waals surface area contributed by atoms with Crippen LogP contribution >= 0.6 is 0 Å². The third-order valence-electron chi connectivity index (χ3n) is 3.81. The first-order valence-corrected chi connectivity index (χ1v) is 7.35. The molecule has 24 heavy (non-hydrogen) atoms. The van der Waals surface area contributed by atoms with Crippen molar-refractivity contribution < 1.29 is 14.2 Å². The summed E-state index contributed by atoms with van der Waals surface area (Å²) in [6.07, 6.45) is 0. The molecule has 0 atom stereocenters. The Hall–Kier alpha value is -3.20. The topological polar surface area (TPSA) is 69.3 Å². The third-order valence-corrected chi connectivity index (χ3v) is 3.81. The lowest BCUT2D eigenvalue weighted by Gasteiger charge is -2.09. The Morgan fingerprint density at radius 2 is 1.79 bits per heavy atom. The van der Waals surface area contributed by atoms with E-state index in [1.54, 1.807) is 21.3 Å². The van der Waals surface area contributed by atoms with E-state index in [0.29, 0.717) is 17.3 Å². The minimum Gasteiger partial charge on any atom is -0.497 e. The van der Waals surface area contributed by atoms with Crippen molar-refractivity contribution in [2.45, 2.75) is 6.54 Å². The molecule has 0 radical (unpaired) electrons. The summed E-state index contributed by atoms with van der Waals surface area (Å²) in [6, 6.07) is 13.4. The van der Waals surface area contributed by atoms with Crippen molar-refractivity contribution in [3.05, 3.63) is 36.4 Å². The fraction of sp³-hybridized carbons (Fsp3) is 0.222. The molecule has 0 spiro atoms. The zero-order valence-electron chi connectivity index (χ0n) is 13.7. The van der Waals surface area contributed by atoms with E-state index in [4.69, 9.17) is 14.2 Å². The number of hydrogen-bond donors (Lipinski definition) is 0. The number of methoxy groups -OCH3 is 3. The van der Waals surface area contributed by atoms with Gasteiger partial charge in [-0.25, -0.2) is 4.98 Å². The normalized spacial score (nSPS) is 10.4. The highest BCUT2D eigenvalue weighted by atomic mass is 16.5. The average Bonchev–Trinajstić information content (AvgIpc) is 2.98. The molecule has 1 heterocycles. The number of hydrogen-bond acceptors (Lipinski definition) is 5. The maximum absolute atomic E-state index is 9.22. The van der Waals surface area contributed by atoms with Crippen molar-refractivity contribution in [1.82, 2.24) is 9.55 Å². The molecule has 3 aromatic rings. The molecule has 0 aliphatic carbocycles. The molecule has 3 rings (SSSR count). The van der Waals surface area contributed by atoms with Crippen molar-refractivity contribution in [3.63, 3.8) is 0 Å². The van der Waals surface area contributed by atoms with Crippen LogP contribution in [-0.2, 0) is 6.54 Å². The summed E-state index contributed by atoms with van der Waals surface area (Å²) in [5.74, 6) is 2.63. The van der Waals surface area contributed by atoms with Crippen LogP contribution in [0.4, 0.5) is 0 Å². The molecule has 6 nitrogen and oxygen atoms in total. The summed E-state index contributed by atoms with van der Waals surface area (Å²) in [5.41, 5.74) is 2.42. The van der Waals surface area contributed by atoms with Crippen LogP contribution in [0.3, 0.4) is 0 Å². The molecule has 1 aromatic heterocycles. The molecule has 0 aliphatic heterocycles. The van der Waals surface area contributed by atoms with Crippen LogP contribution in [0.25, 0.3) is 22.4 Å². The van der Waals surface area contributed by atoms with Crippen molar-refractivity contribution in [2.75, 3.05) is 21.3 Å². The monoisotopic (exact) mass is 323 g/mol. The van der Waals surface area contributed by atoms with E-state index in [9.17, 15) is 5.26 Å². The van der Waals surface area contributed by atoms with E-state index in [1.807, 2.05) is 41.0 Å². The summed E-state index contributed by atoms with van der Waals surface area (Å²) in [7, 11) is 4.78. The molecule has 0 saturated heterocycles. The molecule has 0 fully saturated rings. The lowest BCUT2D eigenvalue weighted by Crippen LogP contribution is -1.99. The van der Waals surface area contributed by atoms with Crippen molar-refractivity contribution >= 4 is 11.0 Å². The summed E-state index contributed by atoms with van der Waals surface area (Å²) < 4.78 is 17.8. The summed E-state index contributed by atoms with van der Waals surface area (Å²) in [4.78, 5) is 4.68. The highest BCUT2D eigenvalue weighted by Crippen LogP contribution is 2.35. The predicted octanol–water partition coefficient (Wildman–Crippen LogP) is 3.25. The van der Waals surface area contributed by atoms with Crippen LogP contribution in [0.1, 0.15) is 0 Å². The van der Waals surface area contributed by atoms with E-state index in [-0.39, 0.29) is 6.54 Å². The molecule has 2 aromatic carbocycles. The number of rotatable bonds is 5. The van der Waals surface area contributed by atoms with E-state index < -0.39 is 0 Å². The molecule has 0 unspecified atom stereocenters. The van der Waals surface area contributed by atoms with Gasteiger partial charge in [0.25, 0.3) is 0 Å². The fourth-order valence-corrected chi connectivity index (χ4v) is 2.67. The molecule has 122 valence electrons. The standard InChI is InChI=1S/C18H17N3O3/c1-22-13-6-4-5-12(9-13)18-20-14-10-16(23-2)17(24-3)11-15(14)21(18)8-7-19/h4-6,9-11H,8H2,1-3H3. The van der Waals surface area contributed by atoms with Crippen LogP contribution in [0, 0.1) is 11.3 Å². The van der Waals surface area contributed by atoms with Gasteiger partial charge in [-0.05, 0) is 12.1 Å². The minimum atomic E-state index is 0.179. The predicted molar refractivity (Wildman–Crippen MR) is 90.4 cm³/mol. The van der Waals surface area contributed by atoms with Gasteiger partial charge in [0.15, 0.2) is 11.5 Å². The Kier molecular flexibility index (Phi) is 4.25. The van der Waals surface area contributed by atoms with Gasteiger partial charge in [-0.3, -0.25) is 0 Å². The van der Waals surface area contributed by atoms with Crippen LogP contribution < -0.4 is 14.2 Å². The molecular weight excluding hydrogens is 306 g/mol. The maximum Gasteiger partial charge on any atom is 0.163 e. The van der Waals surface area contributed by atoms with Gasteiger partial charge in [-0.15, -0.1) is 0 Å². The van der Waals surface area contributed by atoms with Gasteiger partial charge in [-0.1, -0.05) is 12.1 Å². The Morgan fingerprint density at radius 1 is 1.04 bits per heavy atom. The molecule has 0 N–H and O–H groups in total. The number of nitrogens with zero attached hydrogens (tertiary/aromatic N) is 3. The van der Waals surface area contributed by atoms with Gasteiger partial charge in [0.1, 0.15) is 18.1 Å². The average molecular weight is 323 g/mol. The molecule has 0 saturated carbocycles. The first kappa shape index (κ1) is 15.7. The number of aromatic nitrogens is 2. The number of benzene rings is 2. The van der Waals surface area contributed by atoms with Crippen LogP contribution in [0.5, 0.6) is 17.2 Å². The van der Waals surface area contributed by atoms with Gasteiger partial charge in [0.2, 0.25) is 0 Å². The second-order valence-electron chi connectivity index (χ2n) is 5.11. The van der Waals surface area contributed by atoms with Gasteiger partial charge in [0.05, 0.1) is 38.4 Å². The Morgan fingerprint density at radius 3 is 2.46 bits per heavy atom. The van der Waals surface area contributed by atoms with E-state index in [2.05, 4.69) is 11.1 Å². The Balaban J connectivity index is 2.27. The fourth-order valence-electron chi connectivity index (χ4n) is 2.67. The maximum atomic E-state index is 9.22. The van der Waals surface area contributed by atoms with Crippen LogP contribution in [0.2, 0.25) is 0 Å². The van der Waals surface area contributed by atoms with Gasteiger partial charge in [0, 0.05) is 17.7 Å². The third kappa shape index (κ3) is 2.61. The second-order valence-corrected chi connectivity index (χ2v) is 5.11. The number of imidazole rings is 1. The molecule has 0 amide bonds. The highest BCUT2D eigenvalue weighted by Gasteiger charge is 2.16. The zero-order chi connectivity index (χ0) is 17.1. The quantitative estimate of drug-likeness (QED) is 0.721. The SMILES string of the molecule is COc1cccc(-c2nc3cc(OC)c(OC)cc3n2CC#N)c1. The van der Waals surface area contributed by atoms with E-state index >= 15 is 0 Å². The van der Waals surface area contributed by atoms with E-state index in [0.717, 1.165) is 22.3 Å². The highest BCUT2D eigenvalue weighted by molar-refractivity contribution is 5.84. The lowest BCUT2D eigenvalue weighted by atomic mass is 10.2. The molecular formula is C18H17N3O3. The Bertz CT molecular complexity index is 925.